The van der Waals surface area contributed by atoms with Crippen molar-refractivity contribution in [3.05, 3.63) is 23.3 Å². The molecule has 2 N–H and O–H groups in total. The topological polar surface area (TPSA) is 69.4 Å². The lowest BCUT2D eigenvalue weighted by atomic mass is 10.1. The van der Waals surface area contributed by atoms with Crippen LogP contribution < -0.4 is 9.88 Å². The molecule has 4 nitrogen and oxygen atoms in total. The second-order valence-corrected chi connectivity index (χ2v) is 5.69. The summed E-state index contributed by atoms with van der Waals surface area (Å²) in [6, 6.07) is 3.43. The van der Waals surface area contributed by atoms with Crippen LogP contribution in [-0.4, -0.2) is 15.0 Å². The largest absolute Gasteiger partial charge is 0.492 e. The maximum Gasteiger partial charge on any atom is 0.241 e. The standard InChI is InChI=1S/C12H19NO3S/c1-4-5-6-16-12-10(3)7-9(2)8-11(12)17(13,14)15/h7-8H,4-6H2,1-3H3,(H2,13,14,15). The van der Waals surface area contributed by atoms with Crippen LogP contribution in [0.4, 0.5) is 0 Å². The predicted octanol–water partition coefficient (Wildman–Crippen LogP) is 2.13. The highest BCUT2D eigenvalue weighted by atomic mass is 32.2. The summed E-state index contributed by atoms with van der Waals surface area (Å²) in [6.07, 6.45) is 1.88. The summed E-state index contributed by atoms with van der Waals surface area (Å²) in [5.41, 5.74) is 1.65. The van der Waals surface area contributed by atoms with Crippen LogP contribution in [0, 0.1) is 13.8 Å². The number of primary sulfonamides is 1. The van der Waals surface area contributed by atoms with Gasteiger partial charge in [0.25, 0.3) is 0 Å². The number of rotatable bonds is 5. The van der Waals surface area contributed by atoms with Crippen LogP contribution in [0.3, 0.4) is 0 Å². The van der Waals surface area contributed by atoms with Gasteiger partial charge in [-0.25, -0.2) is 13.6 Å². The van der Waals surface area contributed by atoms with Crippen molar-refractivity contribution in [3.63, 3.8) is 0 Å². The zero-order chi connectivity index (χ0) is 13.1. The van der Waals surface area contributed by atoms with Crippen molar-refractivity contribution in [3.8, 4) is 5.75 Å². The Kier molecular flexibility index (Phi) is 4.54. The van der Waals surface area contributed by atoms with E-state index in [1.807, 2.05) is 26.8 Å². The first-order chi connectivity index (χ1) is 7.86. The quantitative estimate of drug-likeness (QED) is 0.821. The Morgan fingerprint density at radius 1 is 1.29 bits per heavy atom. The minimum atomic E-state index is -3.74. The van der Waals surface area contributed by atoms with E-state index in [0.717, 1.165) is 24.0 Å². The van der Waals surface area contributed by atoms with Crippen LogP contribution in [0.5, 0.6) is 5.75 Å². The third-order valence-corrected chi connectivity index (χ3v) is 3.35. The maximum atomic E-state index is 11.5. The maximum absolute atomic E-state index is 11.5. The van der Waals surface area contributed by atoms with E-state index >= 15 is 0 Å². The fourth-order valence-corrected chi connectivity index (χ4v) is 2.46. The average Bonchev–Trinajstić information content (AvgIpc) is 2.19. The molecule has 0 aliphatic heterocycles. The fraction of sp³-hybridized carbons (Fsp3) is 0.500. The van der Waals surface area contributed by atoms with E-state index in [9.17, 15) is 8.42 Å². The molecule has 17 heavy (non-hydrogen) atoms. The van der Waals surface area contributed by atoms with Gasteiger partial charge in [0.1, 0.15) is 10.6 Å². The molecule has 1 rings (SSSR count). The van der Waals surface area contributed by atoms with E-state index in [4.69, 9.17) is 9.88 Å². The van der Waals surface area contributed by atoms with Crippen LogP contribution in [0.2, 0.25) is 0 Å². The first-order valence-electron chi connectivity index (χ1n) is 5.63. The van der Waals surface area contributed by atoms with Crippen molar-refractivity contribution in [2.45, 2.75) is 38.5 Å². The van der Waals surface area contributed by atoms with Gasteiger partial charge in [-0.15, -0.1) is 0 Å². The van der Waals surface area contributed by atoms with Gasteiger partial charge >= 0.3 is 0 Å². The Hall–Kier alpha value is -1.07. The lowest BCUT2D eigenvalue weighted by Gasteiger charge is -2.13. The molecule has 0 radical (unpaired) electrons. The fourth-order valence-electron chi connectivity index (χ4n) is 1.63. The number of hydrogen-bond donors (Lipinski definition) is 1. The Morgan fingerprint density at radius 3 is 2.47 bits per heavy atom. The minimum Gasteiger partial charge on any atom is -0.492 e. The predicted molar refractivity (Wildman–Crippen MR) is 67.7 cm³/mol. The van der Waals surface area contributed by atoms with Crippen LogP contribution in [0.15, 0.2) is 17.0 Å². The molecule has 0 heterocycles. The second kappa shape index (κ2) is 5.51. The van der Waals surface area contributed by atoms with E-state index < -0.39 is 10.0 Å². The number of sulfonamides is 1. The third-order valence-electron chi connectivity index (χ3n) is 2.44. The summed E-state index contributed by atoms with van der Waals surface area (Å²) >= 11 is 0. The molecule has 1 aromatic rings. The zero-order valence-electron chi connectivity index (χ0n) is 10.5. The van der Waals surface area contributed by atoms with E-state index in [1.54, 1.807) is 6.07 Å². The van der Waals surface area contributed by atoms with E-state index in [1.165, 1.54) is 0 Å². The molecule has 0 amide bonds. The van der Waals surface area contributed by atoms with Gasteiger partial charge in [0.15, 0.2) is 0 Å². The lowest BCUT2D eigenvalue weighted by Crippen LogP contribution is -2.15. The van der Waals surface area contributed by atoms with Crippen LogP contribution in [-0.2, 0) is 10.0 Å². The molecular formula is C12H19NO3S. The minimum absolute atomic E-state index is 0.0751. The van der Waals surface area contributed by atoms with Crippen LogP contribution >= 0.6 is 0 Å². The Bertz CT molecular complexity index is 495. The molecule has 0 aliphatic carbocycles. The first-order valence-corrected chi connectivity index (χ1v) is 7.17. The molecule has 0 unspecified atom stereocenters. The summed E-state index contributed by atoms with van der Waals surface area (Å²) in [7, 11) is -3.74. The van der Waals surface area contributed by atoms with Gasteiger partial charge in [-0.05, 0) is 37.5 Å². The van der Waals surface area contributed by atoms with Gasteiger partial charge in [0, 0.05) is 0 Å². The van der Waals surface area contributed by atoms with E-state index in [2.05, 4.69) is 0 Å². The molecule has 0 saturated heterocycles. The SMILES string of the molecule is CCCCOc1c(C)cc(C)cc1S(N)(=O)=O. The second-order valence-electron chi connectivity index (χ2n) is 4.16. The summed E-state index contributed by atoms with van der Waals surface area (Å²) in [5, 5.41) is 5.19. The molecule has 0 fully saturated rings. The van der Waals surface area contributed by atoms with Crippen molar-refractivity contribution in [1.82, 2.24) is 0 Å². The summed E-state index contributed by atoms with van der Waals surface area (Å²) in [6.45, 7) is 6.20. The van der Waals surface area contributed by atoms with Crippen LogP contribution in [0.1, 0.15) is 30.9 Å². The first kappa shape index (κ1) is 14.0. The summed E-state index contributed by atoms with van der Waals surface area (Å²) in [4.78, 5) is 0.0751. The Balaban J connectivity index is 3.17. The van der Waals surface area contributed by atoms with Crippen molar-refractivity contribution in [1.29, 1.82) is 0 Å². The summed E-state index contributed by atoms with van der Waals surface area (Å²) in [5.74, 6) is 0.381. The van der Waals surface area contributed by atoms with E-state index in [-0.39, 0.29) is 4.90 Å². The van der Waals surface area contributed by atoms with Crippen molar-refractivity contribution in [2.24, 2.45) is 5.14 Å². The monoisotopic (exact) mass is 257 g/mol. The molecule has 0 spiro atoms. The Labute approximate surface area is 103 Å². The van der Waals surface area contributed by atoms with Gasteiger partial charge in [-0.3, -0.25) is 0 Å². The number of unbranched alkanes of at least 4 members (excludes halogenated alkanes) is 1. The molecule has 0 aromatic heterocycles. The smallest absolute Gasteiger partial charge is 0.241 e. The molecule has 0 bridgehead atoms. The molecule has 1 aromatic carbocycles. The normalized spacial score (nSPS) is 11.5. The number of hydrogen-bond acceptors (Lipinski definition) is 3. The molecule has 5 heteroatoms. The number of nitrogens with two attached hydrogens (primary N) is 1. The van der Waals surface area contributed by atoms with Crippen molar-refractivity contribution < 1.29 is 13.2 Å². The van der Waals surface area contributed by atoms with Gasteiger partial charge in [0.2, 0.25) is 10.0 Å². The van der Waals surface area contributed by atoms with Crippen molar-refractivity contribution in [2.75, 3.05) is 6.61 Å². The van der Waals surface area contributed by atoms with E-state index in [0.29, 0.717) is 12.4 Å². The highest BCUT2D eigenvalue weighted by Gasteiger charge is 2.17. The number of benzene rings is 1. The highest BCUT2D eigenvalue weighted by Crippen LogP contribution is 2.28. The molecule has 0 aliphatic rings. The number of aryl methyl sites for hydroxylation is 2. The molecular weight excluding hydrogens is 238 g/mol. The molecule has 0 saturated carbocycles. The van der Waals surface area contributed by atoms with Gasteiger partial charge in [0.05, 0.1) is 6.61 Å². The average molecular weight is 257 g/mol. The highest BCUT2D eigenvalue weighted by molar-refractivity contribution is 7.89. The van der Waals surface area contributed by atoms with Crippen molar-refractivity contribution >= 4 is 10.0 Å². The zero-order valence-corrected chi connectivity index (χ0v) is 11.3. The van der Waals surface area contributed by atoms with Gasteiger partial charge < -0.3 is 4.74 Å². The summed E-state index contributed by atoms with van der Waals surface area (Å²) < 4.78 is 28.5. The molecule has 96 valence electrons. The van der Waals surface area contributed by atoms with Gasteiger partial charge in [-0.1, -0.05) is 19.4 Å². The van der Waals surface area contributed by atoms with Crippen LogP contribution in [0.25, 0.3) is 0 Å². The number of ether oxygens (including phenoxy) is 1. The molecule has 0 atom stereocenters. The van der Waals surface area contributed by atoms with Gasteiger partial charge in [-0.2, -0.15) is 0 Å². The lowest BCUT2D eigenvalue weighted by molar-refractivity contribution is 0.299. The Morgan fingerprint density at radius 2 is 1.94 bits per heavy atom. The third kappa shape index (κ3) is 3.71.